The van der Waals surface area contributed by atoms with Crippen LogP contribution in [0.25, 0.3) is 22.2 Å². The van der Waals surface area contributed by atoms with Gasteiger partial charge in [-0.05, 0) is 29.8 Å². The summed E-state index contributed by atoms with van der Waals surface area (Å²) in [7, 11) is 0. The van der Waals surface area contributed by atoms with Crippen molar-refractivity contribution in [3.05, 3.63) is 54.4 Å². The third kappa shape index (κ3) is 2.73. The van der Waals surface area contributed by atoms with E-state index in [2.05, 4.69) is 64.7 Å². The van der Waals surface area contributed by atoms with E-state index in [1.54, 1.807) is 0 Å². The molecule has 0 saturated heterocycles. The van der Waals surface area contributed by atoms with Crippen LogP contribution in [0.2, 0.25) is 0 Å². The number of nitrogens with one attached hydrogen (secondary N) is 2. The predicted molar refractivity (Wildman–Crippen MR) is 83.5 cm³/mol. The number of fused-ring (bicyclic) bond motifs is 1. The molecule has 0 atom stereocenters. The Morgan fingerprint density at radius 2 is 1.95 bits per heavy atom. The van der Waals surface area contributed by atoms with Gasteiger partial charge < -0.3 is 10.3 Å². The van der Waals surface area contributed by atoms with Crippen LogP contribution in [0.5, 0.6) is 0 Å². The lowest BCUT2D eigenvalue weighted by Gasteiger charge is -2.02. The summed E-state index contributed by atoms with van der Waals surface area (Å²) in [5, 5.41) is 5.87. The Labute approximate surface area is 119 Å². The number of hydrogen-bond donors (Lipinski definition) is 2. The molecule has 3 aromatic rings. The number of nitrogens with zero attached hydrogens (tertiary/aromatic N) is 1. The average Bonchev–Trinajstić information content (AvgIpc) is 2.96. The Morgan fingerprint density at radius 3 is 2.80 bits per heavy atom. The molecule has 0 saturated carbocycles. The number of H-pyrrole nitrogens is 1. The Kier molecular flexibility index (Phi) is 3.79. The topological polar surface area (TPSA) is 40.7 Å². The highest BCUT2D eigenvalue weighted by Crippen LogP contribution is 2.22. The maximum absolute atomic E-state index is 4.48. The second kappa shape index (κ2) is 5.88. The molecule has 1 heterocycles. The summed E-state index contributed by atoms with van der Waals surface area (Å²) in [5.74, 6) is 0.934. The molecule has 0 radical (unpaired) electrons. The summed E-state index contributed by atoms with van der Waals surface area (Å²) in [5.41, 5.74) is 2.26. The fourth-order valence-electron chi connectivity index (χ4n) is 2.33. The summed E-state index contributed by atoms with van der Waals surface area (Å²) in [6.45, 7) is 4.04. The normalized spacial score (nSPS) is 11.1. The molecule has 3 heteroatoms. The molecule has 0 fully saturated rings. The van der Waals surface area contributed by atoms with Crippen LogP contribution in [0.3, 0.4) is 0 Å². The monoisotopic (exact) mass is 265 g/mol. The summed E-state index contributed by atoms with van der Waals surface area (Å²) < 4.78 is 0. The lowest BCUT2D eigenvalue weighted by molar-refractivity contribution is 0.667. The van der Waals surface area contributed by atoms with Crippen LogP contribution in [-0.2, 0) is 6.54 Å². The van der Waals surface area contributed by atoms with Gasteiger partial charge in [0.1, 0.15) is 5.82 Å². The van der Waals surface area contributed by atoms with Crippen LogP contribution in [0.1, 0.15) is 19.0 Å². The van der Waals surface area contributed by atoms with Gasteiger partial charge in [0.25, 0.3) is 0 Å². The molecule has 20 heavy (non-hydrogen) atoms. The van der Waals surface area contributed by atoms with Crippen molar-refractivity contribution in [2.24, 2.45) is 0 Å². The van der Waals surface area contributed by atoms with Crippen molar-refractivity contribution >= 4 is 10.8 Å². The number of rotatable bonds is 5. The largest absolute Gasteiger partial charge is 0.341 e. The van der Waals surface area contributed by atoms with Gasteiger partial charge in [-0.15, -0.1) is 0 Å². The molecule has 102 valence electrons. The maximum Gasteiger partial charge on any atom is 0.137 e. The molecule has 1 aromatic heterocycles. The van der Waals surface area contributed by atoms with Gasteiger partial charge >= 0.3 is 0 Å². The number of aromatic nitrogens is 2. The van der Waals surface area contributed by atoms with Crippen LogP contribution in [-0.4, -0.2) is 16.5 Å². The molecule has 2 N–H and O–H groups in total. The molecule has 0 bridgehead atoms. The van der Waals surface area contributed by atoms with Gasteiger partial charge in [0, 0.05) is 24.0 Å². The summed E-state index contributed by atoms with van der Waals surface area (Å²) in [6.07, 6.45) is 3.05. The van der Waals surface area contributed by atoms with Crippen molar-refractivity contribution < 1.29 is 0 Å². The Morgan fingerprint density at radius 1 is 1.10 bits per heavy atom. The minimum absolute atomic E-state index is 0.842. The molecule has 0 amide bonds. The second-order valence-electron chi connectivity index (χ2n) is 5.00. The van der Waals surface area contributed by atoms with E-state index in [1.807, 2.05) is 6.20 Å². The first-order chi connectivity index (χ1) is 9.86. The molecule has 0 aliphatic rings. The van der Waals surface area contributed by atoms with Crippen LogP contribution in [0.4, 0.5) is 0 Å². The fourth-order valence-corrected chi connectivity index (χ4v) is 2.33. The third-order valence-corrected chi connectivity index (χ3v) is 3.39. The standard InChI is InChI=1S/C17H19N3/c1-2-9-18-11-16-12-19-17(20-16)15-8-7-13-5-3-4-6-14(13)10-15/h3-8,10,12,18H,2,9,11H2,1H3,(H,19,20). The number of aromatic amines is 1. The molecule has 0 unspecified atom stereocenters. The molecule has 2 aromatic carbocycles. The van der Waals surface area contributed by atoms with Crippen molar-refractivity contribution in [3.63, 3.8) is 0 Å². The van der Waals surface area contributed by atoms with Gasteiger partial charge in [-0.1, -0.05) is 43.3 Å². The van der Waals surface area contributed by atoms with Crippen LogP contribution in [0, 0.1) is 0 Å². The van der Waals surface area contributed by atoms with Gasteiger partial charge in [-0.3, -0.25) is 0 Å². The van der Waals surface area contributed by atoms with Crippen molar-refractivity contribution in [1.82, 2.24) is 15.3 Å². The van der Waals surface area contributed by atoms with E-state index >= 15 is 0 Å². The molecule has 0 spiro atoms. The van der Waals surface area contributed by atoms with Crippen molar-refractivity contribution in [3.8, 4) is 11.4 Å². The molecule has 0 aliphatic carbocycles. The SMILES string of the molecule is CCCNCc1cnc(-c2ccc3ccccc3c2)[nH]1. The van der Waals surface area contributed by atoms with E-state index in [4.69, 9.17) is 0 Å². The Hall–Kier alpha value is -2.13. The summed E-state index contributed by atoms with van der Waals surface area (Å²) in [4.78, 5) is 7.86. The number of benzene rings is 2. The molecule has 3 rings (SSSR count). The lowest BCUT2D eigenvalue weighted by Crippen LogP contribution is -2.13. The van der Waals surface area contributed by atoms with Gasteiger partial charge in [0.2, 0.25) is 0 Å². The maximum atomic E-state index is 4.48. The highest BCUT2D eigenvalue weighted by Gasteiger charge is 2.04. The average molecular weight is 265 g/mol. The van der Waals surface area contributed by atoms with Crippen LogP contribution < -0.4 is 5.32 Å². The van der Waals surface area contributed by atoms with E-state index in [0.717, 1.165) is 36.6 Å². The van der Waals surface area contributed by atoms with Crippen LogP contribution in [0.15, 0.2) is 48.7 Å². The quantitative estimate of drug-likeness (QED) is 0.690. The molecule has 3 nitrogen and oxygen atoms in total. The predicted octanol–water partition coefficient (Wildman–Crippen LogP) is 3.73. The fraction of sp³-hybridized carbons (Fsp3) is 0.235. The van der Waals surface area contributed by atoms with E-state index in [1.165, 1.54) is 10.8 Å². The minimum atomic E-state index is 0.842. The van der Waals surface area contributed by atoms with Gasteiger partial charge in [-0.2, -0.15) is 0 Å². The van der Waals surface area contributed by atoms with E-state index in [-0.39, 0.29) is 0 Å². The first-order valence-electron chi connectivity index (χ1n) is 7.10. The van der Waals surface area contributed by atoms with Gasteiger partial charge in [0.05, 0.1) is 0 Å². The van der Waals surface area contributed by atoms with Gasteiger partial charge in [-0.25, -0.2) is 4.98 Å². The Bertz CT molecular complexity index is 700. The summed E-state index contributed by atoms with van der Waals surface area (Å²) in [6, 6.07) is 14.8. The van der Waals surface area contributed by atoms with Crippen molar-refractivity contribution in [2.75, 3.05) is 6.54 Å². The number of imidazole rings is 1. The van der Waals surface area contributed by atoms with Crippen molar-refractivity contribution in [2.45, 2.75) is 19.9 Å². The third-order valence-electron chi connectivity index (χ3n) is 3.39. The van der Waals surface area contributed by atoms with E-state index in [0.29, 0.717) is 0 Å². The minimum Gasteiger partial charge on any atom is -0.341 e. The zero-order chi connectivity index (χ0) is 13.8. The lowest BCUT2D eigenvalue weighted by atomic mass is 10.1. The highest BCUT2D eigenvalue weighted by atomic mass is 15.0. The zero-order valence-corrected chi connectivity index (χ0v) is 11.7. The number of hydrogen-bond acceptors (Lipinski definition) is 2. The molecule has 0 aliphatic heterocycles. The second-order valence-corrected chi connectivity index (χ2v) is 5.00. The Balaban J connectivity index is 1.83. The highest BCUT2D eigenvalue weighted by molar-refractivity contribution is 5.86. The van der Waals surface area contributed by atoms with Crippen LogP contribution >= 0.6 is 0 Å². The first kappa shape index (κ1) is 12.9. The van der Waals surface area contributed by atoms with E-state index < -0.39 is 0 Å². The first-order valence-corrected chi connectivity index (χ1v) is 7.10. The smallest absolute Gasteiger partial charge is 0.137 e. The van der Waals surface area contributed by atoms with Gasteiger partial charge in [0.15, 0.2) is 0 Å². The molecular formula is C17H19N3. The zero-order valence-electron chi connectivity index (χ0n) is 11.7. The van der Waals surface area contributed by atoms with E-state index in [9.17, 15) is 0 Å². The van der Waals surface area contributed by atoms with Crippen molar-refractivity contribution in [1.29, 1.82) is 0 Å². The molecular weight excluding hydrogens is 246 g/mol. The summed E-state index contributed by atoms with van der Waals surface area (Å²) >= 11 is 0.